The maximum atomic E-state index is 13.8. The van der Waals surface area contributed by atoms with Gasteiger partial charge in [-0.3, -0.25) is 14.4 Å². The minimum atomic E-state index is -0.696. The lowest BCUT2D eigenvalue weighted by Gasteiger charge is -2.39. The van der Waals surface area contributed by atoms with Gasteiger partial charge in [-0.05, 0) is 48.9 Å². The molecule has 3 amide bonds. The number of piperazine rings is 1. The number of carbonyl (C=O) groups is 3. The molecular formula is C30H36N6O3. The molecule has 0 radical (unpaired) electrons. The lowest BCUT2D eigenvalue weighted by Crippen LogP contribution is -2.59. The normalized spacial score (nSPS) is 21.6. The Labute approximate surface area is 228 Å². The van der Waals surface area contributed by atoms with Crippen LogP contribution >= 0.6 is 0 Å². The first-order valence-corrected chi connectivity index (χ1v) is 13.9. The van der Waals surface area contributed by atoms with Gasteiger partial charge in [-0.2, -0.15) is 0 Å². The summed E-state index contributed by atoms with van der Waals surface area (Å²) in [6, 6.07) is 14.4. The molecule has 3 aromatic rings. The quantitative estimate of drug-likeness (QED) is 0.528. The molecule has 2 bridgehead atoms. The van der Waals surface area contributed by atoms with Crippen molar-refractivity contribution >= 4 is 34.4 Å². The van der Waals surface area contributed by atoms with Crippen molar-refractivity contribution in [2.45, 2.75) is 58.2 Å². The number of fused-ring (bicyclic) bond motifs is 3. The zero-order valence-corrected chi connectivity index (χ0v) is 22.8. The number of pyridine rings is 1. The first-order valence-electron chi connectivity index (χ1n) is 13.9. The highest BCUT2D eigenvalue weighted by molar-refractivity contribution is 6.00. The number of aromatic nitrogens is 2. The molecule has 3 fully saturated rings. The molecule has 9 nitrogen and oxygen atoms in total. The molecule has 0 aliphatic carbocycles. The largest absolute Gasteiger partial charge is 0.357 e. The number of anilines is 1. The zero-order valence-electron chi connectivity index (χ0n) is 22.8. The van der Waals surface area contributed by atoms with Gasteiger partial charge < -0.3 is 25.0 Å². The van der Waals surface area contributed by atoms with Crippen molar-refractivity contribution in [1.29, 1.82) is 0 Å². The predicted molar refractivity (Wildman–Crippen MR) is 150 cm³/mol. The number of amides is 3. The van der Waals surface area contributed by atoms with E-state index in [4.69, 9.17) is 0 Å². The summed E-state index contributed by atoms with van der Waals surface area (Å²) in [6.07, 6.45) is 3.05. The Morgan fingerprint density at radius 2 is 1.69 bits per heavy atom. The minimum absolute atomic E-state index is 0.0475. The number of carbonyl (C=O) groups excluding carboxylic acids is 3. The van der Waals surface area contributed by atoms with Gasteiger partial charge in [0, 0.05) is 37.1 Å². The van der Waals surface area contributed by atoms with Crippen LogP contribution in [0.3, 0.4) is 0 Å². The van der Waals surface area contributed by atoms with Gasteiger partial charge in [0.05, 0.1) is 12.1 Å². The van der Waals surface area contributed by atoms with Crippen molar-refractivity contribution < 1.29 is 14.4 Å². The van der Waals surface area contributed by atoms with Crippen LogP contribution in [0, 0.1) is 5.41 Å². The third kappa shape index (κ3) is 4.75. The maximum Gasteiger partial charge on any atom is 0.272 e. The molecule has 3 aliphatic heterocycles. The number of hydrogen-bond acceptors (Lipinski definition) is 5. The van der Waals surface area contributed by atoms with Crippen molar-refractivity contribution in [2.24, 2.45) is 5.41 Å². The van der Waals surface area contributed by atoms with Crippen LogP contribution < -0.4 is 10.2 Å². The first-order chi connectivity index (χ1) is 18.7. The van der Waals surface area contributed by atoms with Crippen molar-refractivity contribution in [3.05, 3.63) is 59.9 Å². The van der Waals surface area contributed by atoms with Crippen LogP contribution in [0.25, 0.3) is 10.9 Å². The van der Waals surface area contributed by atoms with Crippen molar-refractivity contribution in [3.8, 4) is 0 Å². The number of hydrogen-bond donors (Lipinski definition) is 2. The van der Waals surface area contributed by atoms with Crippen LogP contribution in [0.5, 0.6) is 0 Å². The van der Waals surface area contributed by atoms with Gasteiger partial charge in [-0.1, -0.05) is 45.0 Å². The number of benzene rings is 1. The minimum Gasteiger partial charge on any atom is -0.357 e. The third-order valence-corrected chi connectivity index (χ3v) is 8.33. The summed E-state index contributed by atoms with van der Waals surface area (Å²) in [5, 5.41) is 3.95. The highest BCUT2D eigenvalue weighted by atomic mass is 16.2. The number of nitrogens with one attached hydrogen (secondary N) is 2. The Hall–Kier alpha value is -3.88. The lowest BCUT2D eigenvalue weighted by molar-refractivity contribution is -0.138. The number of para-hydroxylation sites is 1. The fraction of sp³-hybridized carbons (Fsp3) is 0.467. The van der Waals surface area contributed by atoms with E-state index in [1.165, 1.54) is 0 Å². The van der Waals surface area contributed by atoms with Gasteiger partial charge in [0.2, 0.25) is 5.91 Å². The van der Waals surface area contributed by atoms with Gasteiger partial charge in [-0.25, -0.2) is 4.98 Å². The fourth-order valence-electron chi connectivity index (χ4n) is 6.22. The standard InChI is InChI=1S/C30H36N6O3/c1-30(2,3)26(33-27(37)24-15-19-9-4-5-10-22(19)31-24)29(39)36-18-20-16-21(36)17-35(20)28(38)23-11-8-12-25(32-23)34-13-6-7-14-34/h4-5,8-12,15,20-21,26,31H,6-7,13-14,16-18H2,1-3H3,(H,33,37)/t20?,21-,26+/m0/s1. The molecule has 204 valence electrons. The molecular weight excluding hydrogens is 492 g/mol. The summed E-state index contributed by atoms with van der Waals surface area (Å²) in [6.45, 7) is 8.79. The topological polar surface area (TPSA) is 102 Å². The number of aromatic amines is 1. The molecule has 3 aliphatic rings. The highest BCUT2D eigenvalue weighted by Crippen LogP contribution is 2.34. The molecule has 5 heterocycles. The number of H-pyrrole nitrogens is 1. The molecule has 3 saturated heterocycles. The SMILES string of the molecule is CC(C)(C)[C@H](NC(=O)c1cc2ccccc2[nH]1)C(=O)N1CC2C[C@H]1CN2C(=O)c1cccc(N2CCCC2)n1. The van der Waals surface area contributed by atoms with E-state index in [1.54, 1.807) is 6.07 Å². The monoisotopic (exact) mass is 528 g/mol. The Morgan fingerprint density at radius 3 is 2.38 bits per heavy atom. The molecule has 0 saturated carbocycles. The van der Waals surface area contributed by atoms with Crippen molar-refractivity contribution in [1.82, 2.24) is 25.1 Å². The molecule has 6 rings (SSSR count). The van der Waals surface area contributed by atoms with Crippen LogP contribution in [0.4, 0.5) is 5.82 Å². The molecule has 39 heavy (non-hydrogen) atoms. The fourth-order valence-corrected chi connectivity index (χ4v) is 6.22. The van der Waals surface area contributed by atoms with Gasteiger partial charge in [0.15, 0.2) is 0 Å². The summed E-state index contributed by atoms with van der Waals surface area (Å²) in [5.41, 5.74) is 1.28. The second-order valence-electron chi connectivity index (χ2n) is 12.1. The summed E-state index contributed by atoms with van der Waals surface area (Å²) >= 11 is 0. The first kappa shape index (κ1) is 25.4. The predicted octanol–water partition coefficient (Wildman–Crippen LogP) is 3.43. The van der Waals surface area contributed by atoms with E-state index in [0.29, 0.717) is 24.5 Å². The van der Waals surface area contributed by atoms with Crippen LogP contribution in [-0.4, -0.2) is 81.8 Å². The van der Waals surface area contributed by atoms with E-state index in [2.05, 4.69) is 20.2 Å². The Morgan fingerprint density at radius 1 is 0.974 bits per heavy atom. The average Bonchev–Trinajstić information content (AvgIpc) is 3.73. The smallest absolute Gasteiger partial charge is 0.272 e. The van der Waals surface area contributed by atoms with Gasteiger partial charge >= 0.3 is 0 Å². The third-order valence-electron chi connectivity index (χ3n) is 8.33. The van der Waals surface area contributed by atoms with Crippen LogP contribution in [0.15, 0.2) is 48.5 Å². The van der Waals surface area contributed by atoms with E-state index in [-0.39, 0.29) is 29.8 Å². The number of nitrogens with zero attached hydrogens (tertiary/aromatic N) is 4. The molecule has 9 heteroatoms. The lowest BCUT2D eigenvalue weighted by atomic mass is 9.85. The van der Waals surface area contributed by atoms with Gasteiger partial charge in [0.1, 0.15) is 23.2 Å². The van der Waals surface area contributed by atoms with Crippen molar-refractivity contribution in [2.75, 3.05) is 31.1 Å². The summed E-state index contributed by atoms with van der Waals surface area (Å²) in [4.78, 5) is 54.3. The van der Waals surface area contributed by atoms with Crippen LogP contribution in [-0.2, 0) is 4.79 Å². The number of likely N-dealkylation sites (tertiary alicyclic amines) is 2. The average molecular weight is 529 g/mol. The van der Waals surface area contributed by atoms with Crippen LogP contribution in [0.2, 0.25) is 0 Å². The summed E-state index contributed by atoms with van der Waals surface area (Å²) in [7, 11) is 0. The van der Waals surface area contributed by atoms with E-state index in [9.17, 15) is 14.4 Å². The van der Waals surface area contributed by atoms with Gasteiger partial charge in [0.25, 0.3) is 11.8 Å². The summed E-state index contributed by atoms with van der Waals surface area (Å²) < 4.78 is 0. The maximum absolute atomic E-state index is 13.8. The Bertz CT molecular complexity index is 1390. The highest BCUT2D eigenvalue weighted by Gasteiger charge is 2.50. The molecule has 3 atom stereocenters. The molecule has 0 spiro atoms. The number of rotatable bonds is 5. The zero-order chi connectivity index (χ0) is 27.3. The van der Waals surface area contributed by atoms with E-state index in [0.717, 1.165) is 49.1 Å². The Balaban J connectivity index is 1.14. The van der Waals surface area contributed by atoms with E-state index < -0.39 is 11.5 Å². The second-order valence-corrected chi connectivity index (χ2v) is 12.1. The second kappa shape index (κ2) is 9.70. The summed E-state index contributed by atoms with van der Waals surface area (Å²) in [5.74, 6) is 0.388. The Kier molecular flexibility index (Phi) is 6.32. The van der Waals surface area contributed by atoms with E-state index in [1.807, 2.05) is 73.0 Å². The van der Waals surface area contributed by atoms with E-state index >= 15 is 0 Å². The molecule has 2 aromatic heterocycles. The van der Waals surface area contributed by atoms with Crippen molar-refractivity contribution in [3.63, 3.8) is 0 Å². The molecule has 1 aromatic carbocycles. The van der Waals surface area contributed by atoms with Gasteiger partial charge in [-0.15, -0.1) is 0 Å². The molecule has 2 N–H and O–H groups in total. The van der Waals surface area contributed by atoms with Crippen LogP contribution in [0.1, 0.15) is 61.0 Å². The molecule has 1 unspecified atom stereocenters.